The van der Waals surface area contributed by atoms with E-state index in [0.29, 0.717) is 18.1 Å². The van der Waals surface area contributed by atoms with E-state index in [1.807, 2.05) is 19.1 Å². The van der Waals surface area contributed by atoms with Crippen molar-refractivity contribution in [3.8, 4) is 0 Å². The third kappa shape index (κ3) is 5.00. The van der Waals surface area contributed by atoms with Crippen LogP contribution in [0.25, 0.3) is 0 Å². The summed E-state index contributed by atoms with van der Waals surface area (Å²) in [4.78, 5) is 22.9. The highest BCUT2D eigenvalue weighted by Gasteiger charge is 2.12. The van der Waals surface area contributed by atoms with Gasteiger partial charge < -0.3 is 15.4 Å². The van der Waals surface area contributed by atoms with Crippen LogP contribution < -0.4 is 10.6 Å². The van der Waals surface area contributed by atoms with E-state index in [4.69, 9.17) is 4.74 Å². The normalized spacial score (nSPS) is 14.8. The first-order valence-electron chi connectivity index (χ1n) is 8.86. The number of amides is 1. The molecule has 3 rings (SSSR count). The molecule has 0 aliphatic carbocycles. The van der Waals surface area contributed by atoms with Crippen LogP contribution in [0, 0.1) is 13.8 Å². The molecule has 1 aromatic heterocycles. The maximum Gasteiger partial charge on any atom is 0.270 e. The van der Waals surface area contributed by atoms with E-state index in [-0.39, 0.29) is 5.91 Å². The van der Waals surface area contributed by atoms with Crippen molar-refractivity contribution in [2.75, 3.05) is 44.7 Å². The summed E-state index contributed by atoms with van der Waals surface area (Å²) >= 11 is 0. The van der Waals surface area contributed by atoms with E-state index in [1.165, 1.54) is 11.9 Å². The van der Waals surface area contributed by atoms with Gasteiger partial charge >= 0.3 is 0 Å². The second-order valence-corrected chi connectivity index (χ2v) is 6.44. The first-order chi connectivity index (χ1) is 12.6. The molecule has 2 heterocycles. The minimum atomic E-state index is -0.190. The molecule has 1 aliphatic heterocycles. The number of carbonyl (C=O) groups excluding carboxylic acids is 1. The number of carbonyl (C=O) groups is 1. The van der Waals surface area contributed by atoms with Crippen LogP contribution in [0.5, 0.6) is 0 Å². The highest BCUT2D eigenvalue weighted by atomic mass is 16.5. The molecule has 7 nitrogen and oxygen atoms in total. The Hall–Kier alpha value is -2.51. The van der Waals surface area contributed by atoms with E-state index >= 15 is 0 Å². The predicted octanol–water partition coefficient (Wildman–Crippen LogP) is 1.90. The molecule has 26 heavy (non-hydrogen) atoms. The van der Waals surface area contributed by atoms with Gasteiger partial charge in [-0.1, -0.05) is 17.7 Å². The number of hydrogen-bond donors (Lipinski definition) is 2. The second-order valence-electron chi connectivity index (χ2n) is 6.44. The molecule has 1 aliphatic rings. The molecule has 1 saturated heterocycles. The number of nitrogens with one attached hydrogen (secondary N) is 2. The SMILES string of the molecule is Cc1ccc(Nc2cc(C(=O)NCCN3CCOCC3)ncn2)c(C)c1. The Balaban J connectivity index is 1.56. The van der Waals surface area contributed by atoms with Gasteiger partial charge in [-0.3, -0.25) is 9.69 Å². The summed E-state index contributed by atoms with van der Waals surface area (Å²) in [6.07, 6.45) is 1.41. The topological polar surface area (TPSA) is 79.4 Å². The van der Waals surface area contributed by atoms with E-state index in [2.05, 4.69) is 38.5 Å². The molecule has 2 aromatic rings. The van der Waals surface area contributed by atoms with E-state index in [0.717, 1.165) is 44.1 Å². The van der Waals surface area contributed by atoms with E-state index < -0.39 is 0 Å². The molecule has 138 valence electrons. The largest absolute Gasteiger partial charge is 0.379 e. The zero-order chi connectivity index (χ0) is 18.4. The second kappa shape index (κ2) is 8.73. The summed E-state index contributed by atoms with van der Waals surface area (Å²) in [6, 6.07) is 7.82. The van der Waals surface area contributed by atoms with Crippen LogP contribution >= 0.6 is 0 Å². The third-order valence-corrected chi connectivity index (χ3v) is 4.36. The number of aryl methyl sites for hydroxylation is 2. The lowest BCUT2D eigenvalue weighted by atomic mass is 10.1. The number of benzene rings is 1. The van der Waals surface area contributed by atoms with Crippen LogP contribution in [-0.4, -0.2) is 60.2 Å². The average molecular weight is 355 g/mol. The molecular weight excluding hydrogens is 330 g/mol. The highest BCUT2D eigenvalue weighted by molar-refractivity contribution is 5.93. The van der Waals surface area contributed by atoms with Crippen molar-refractivity contribution in [3.05, 3.63) is 47.4 Å². The summed E-state index contributed by atoms with van der Waals surface area (Å²) in [5.41, 5.74) is 3.65. The molecule has 7 heteroatoms. The summed E-state index contributed by atoms with van der Waals surface area (Å²) in [7, 11) is 0. The molecule has 0 atom stereocenters. The molecule has 0 radical (unpaired) electrons. The predicted molar refractivity (Wildman–Crippen MR) is 101 cm³/mol. The summed E-state index contributed by atoms with van der Waals surface area (Å²) in [6.45, 7) is 8.83. The van der Waals surface area contributed by atoms with Gasteiger partial charge in [0, 0.05) is 37.9 Å². The van der Waals surface area contributed by atoms with Crippen LogP contribution in [-0.2, 0) is 4.74 Å². The lowest BCUT2D eigenvalue weighted by molar-refractivity contribution is 0.0383. The number of aromatic nitrogens is 2. The van der Waals surface area contributed by atoms with Gasteiger partial charge in [0.1, 0.15) is 17.8 Å². The van der Waals surface area contributed by atoms with Crippen LogP contribution in [0.2, 0.25) is 0 Å². The minimum absolute atomic E-state index is 0.190. The maximum atomic E-state index is 12.3. The molecule has 2 N–H and O–H groups in total. The van der Waals surface area contributed by atoms with Crippen molar-refractivity contribution in [1.29, 1.82) is 0 Å². The van der Waals surface area contributed by atoms with Gasteiger partial charge in [-0.25, -0.2) is 9.97 Å². The molecule has 0 spiro atoms. The summed E-state index contributed by atoms with van der Waals surface area (Å²) < 4.78 is 5.32. The Morgan fingerprint density at radius 2 is 2.00 bits per heavy atom. The Morgan fingerprint density at radius 1 is 1.19 bits per heavy atom. The number of ether oxygens (including phenoxy) is 1. The fourth-order valence-electron chi connectivity index (χ4n) is 2.88. The molecule has 1 fully saturated rings. The lowest BCUT2D eigenvalue weighted by Crippen LogP contribution is -2.41. The van der Waals surface area contributed by atoms with Gasteiger partial charge in [0.2, 0.25) is 0 Å². The molecular formula is C19H25N5O2. The Kier molecular flexibility index (Phi) is 6.14. The van der Waals surface area contributed by atoms with Crippen LogP contribution in [0.1, 0.15) is 21.6 Å². The Morgan fingerprint density at radius 3 is 2.77 bits per heavy atom. The Bertz CT molecular complexity index is 759. The first-order valence-corrected chi connectivity index (χ1v) is 8.86. The smallest absolute Gasteiger partial charge is 0.270 e. The van der Waals surface area contributed by atoms with E-state index in [1.54, 1.807) is 6.07 Å². The van der Waals surface area contributed by atoms with Crippen LogP contribution in [0.4, 0.5) is 11.5 Å². The molecule has 0 saturated carbocycles. The lowest BCUT2D eigenvalue weighted by Gasteiger charge is -2.26. The number of anilines is 2. The van der Waals surface area contributed by atoms with E-state index in [9.17, 15) is 4.79 Å². The fraction of sp³-hybridized carbons (Fsp3) is 0.421. The highest BCUT2D eigenvalue weighted by Crippen LogP contribution is 2.20. The Labute approximate surface area is 153 Å². The quantitative estimate of drug-likeness (QED) is 0.824. The first kappa shape index (κ1) is 18.3. The number of nitrogens with zero attached hydrogens (tertiary/aromatic N) is 3. The van der Waals surface area contributed by atoms with Crippen LogP contribution in [0.15, 0.2) is 30.6 Å². The number of morpholine rings is 1. The van der Waals surface area contributed by atoms with Crippen molar-refractivity contribution >= 4 is 17.4 Å². The molecule has 0 unspecified atom stereocenters. The third-order valence-electron chi connectivity index (χ3n) is 4.36. The minimum Gasteiger partial charge on any atom is -0.379 e. The fourth-order valence-corrected chi connectivity index (χ4v) is 2.88. The van der Waals surface area contributed by atoms with Gasteiger partial charge in [-0.15, -0.1) is 0 Å². The number of hydrogen-bond acceptors (Lipinski definition) is 6. The van der Waals surface area contributed by atoms with Crippen LogP contribution in [0.3, 0.4) is 0 Å². The summed E-state index contributed by atoms with van der Waals surface area (Å²) in [5.74, 6) is 0.412. The van der Waals surface area contributed by atoms with Gasteiger partial charge in [0.25, 0.3) is 5.91 Å². The van der Waals surface area contributed by atoms with Crippen molar-refractivity contribution < 1.29 is 9.53 Å². The summed E-state index contributed by atoms with van der Waals surface area (Å²) in [5, 5.41) is 6.17. The monoisotopic (exact) mass is 355 g/mol. The van der Waals surface area contributed by atoms with Gasteiger partial charge in [0.15, 0.2) is 0 Å². The van der Waals surface area contributed by atoms with Crippen molar-refractivity contribution in [2.45, 2.75) is 13.8 Å². The zero-order valence-corrected chi connectivity index (χ0v) is 15.3. The zero-order valence-electron chi connectivity index (χ0n) is 15.3. The molecule has 0 bridgehead atoms. The van der Waals surface area contributed by atoms with Gasteiger partial charge in [-0.2, -0.15) is 0 Å². The van der Waals surface area contributed by atoms with Crippen molar-refractivity contribution in [1.82, 2.24) is 20.2 Å². The van der Waals surface area contributed by atoms with Gasteiger partial charge in [-0.05, 0) is 25.5 Å². The standard InChI is InChI=1S/C19H25N5O2/c1-14-3-4-16(15(2)11-14)23-18-12-17(21-13-22-18)19(25)20-5-6-24-7-9-26-10-8-24/h3-4,11-13H,5-10H2,1-2H3,(H,20,25)(H,21,22,23). The van der Waals surface area contributed by atoms with Crippen molar-refractivity contribution in [3.63, 3.8) is 0 Å². The average Bonchev–Trinajstić information content (AvgIpc) is 2.65. The van der Waals surface area contributed by atoms with Gasteiger partial charge in [0.05, 0.1) is 13.2 Å². The molecule has 1 aromatic carbocycles. The number of rotatable bonds is 6. The molecule has 1 amide bonds. The maximum absolute atomic E-state index is 12.3. The van der Waals surface area contributed by atoms with Crippen molar-refractivity contribution in [2.24, 2.45) is 0 Å².